The zero-order valence-corrected chi connectivity index (χ0v) is 26.1. The number of rotatable bonds is 10. The van der Waals surface area contributed by atoms with Crippen LogP contribution in [-0.4, -0.2) is 92.7 Å². The van der Waals surface area contributed by atoms with E-state index in [1.54, 1.807) is 15.4 Å². The predicted octanol–water partition coefficient (Wildman–Crippen LogP) is -0.402. The number of hydrogen-bond donors (Lipinski definition) is 5. The Morgan fingerprint density at radius 3 is 2.66 bits per heavy atom. The summed E-state index contributed by atoms with van der Waals surface area (Å²) < 4.78 is 3.42. The number of nitrogen functional groups attached to an aromatic ring is 2. The summed E-state index contributed by atoms with van der Waals surface area (Å²) in [6, 6.07) is -1.09. The first-order valence-corrected chi connectivity index (χ1v) is 15.7. The number of carbonyl (C=O) groups is 4. The van der Waals surface area contributed by atoms with E-state index in [-0.39, 0.29) is 28.0 Å². The molecule has 44 heavy (non-hydrogen) atoms. The molecule has 5 rings (SSSR count). The Morgan fingerprint density at radius 2 is 2.02 bits per heavy atom. The minimum absolute atomic E-state index is 0.0155. The van der Waals surface area contributed by atoms with Crippen molar-refractivity contribution in [2.24, 2.45) is 12.2 Å². The van der Waals surface area contributed by atoms with Crippen LogP contribution in [0.4, 0.5) is 10.9 Å². The van der Waals surface area contributed by atoms with Gasteiger partial charge >= 0.3 is 11.9 Å². The summed E-state index contributed by atoms with van der Waals surface area (Å²) >= 11 is 3.53. The van der Waals surface area contributed by atoms with Crippen LogP contribution in [0.15, 0.2) is 33.3 Å². The van der Waals surface area contributed by atoms with Gasteiger partial charge in [-0.25, -0.2) is 19.1 Å². The fourth-order valence-electron chi connectivity index (χ4n) is 4.35. The molecule has 2 atom stereocenters. The average Bonchev–Trinajstić information content (AvgIpc) is 3.57. The van der Waals surface area contributed by atoms with E-state index in [0.29, 0.717) is 16.5 Å². The van der Waals surface area contributed by atoms with E-state index in [1.165, 1.54) is 42.8 Å². The third-order valence-corrected chi connectivity index (χ3v) is 9.79. The van der Waals surface area contributed by atoms with Crippen molar-refractivity contribution in [1.29, 1.82) is 0 Å². The van der Waals surface area contributed by atoms with Gasteiger partial charge in [-0.15, -0.1) is 23.1 Å². The maximum Gasteiger partial charge on any atom is 0.352 e. The molecule has 0 aromatic carbocycles. The van der Waals surface area contributed by atoms with Gasteiger partial charge in [0.2, 0.25) is 5.60 Å². The van der Waals surface area contributed by atoms with E-state index in [4.69, 9.17) is 16.3 Å². The number of thioether (sulfide) groups is 2. The first-order chi connectivity index (χ1) is 20.7. The molecule has 2 aliphatic heterocycles. The maximum atomic E-state index is 13.3. The third kappa shape index (κ3) is 5.50. The number of carboxylic acid groups (broad SMARTS) is 2. The predicted molar refractivity (Wildman–Crippen MR) is 160 cm³/mol. The molecule has 2 aliphatic rings. The van der Waals surface area contributed by atoms with Crippen molar-refractivity contribution in [1.82, 2.24) is 29.8 Å². The number of aliphatic carboxylic acids is 2. The number of oxime groups is 1. The Morgan fingerprint density at radius 1 is 1.30 bits per heavy atom. The fourth-order valence-corrected chi connectivity index (χ4v) is 7.33. The first kappa shape index (κ1) is 31.0. The lowest BCUT2D eigenvalue weighted by molar-refractivity contribution is -0.646. The van der Waals surface area contributed by atoms with Crippen molar-refractivity contribution in [3.05, 3.63) is 34.2 Å². The van der Waals surface area contributed by atoms with Gasteiger partial charge in [0.25, 0.3) is 28.9 Å². The number of anilines is 2. The van der Waals surface area contributed by atoms with Gasteiger partial charge in [-0.2, -0.15) is 4.98 Å². The summed E-state index contributed by atoms with van der Waals surface area (Å²) in [5, 5.41) is 31.4. The number of carbonyl (C=O) groups excluding carboxylic acids is 2. The Kier molecular flexibility index (Phi) is 8.16. The molecule has 1 fully saturated rings. The molecule has 3 aromatic rings. The second-order valence-electron chi connectivity index (χ2n) is 10.2. The molecule has 0 aliphatic carbocycles. The number of amides is 2. The van der Waals surface area contributed by atoms with Gasteiger partial charge in [-0.3, -0.25) is 14.5 Å². The number of β-lactam (4-membered cyclic amide) rings is 1. The van der Waals surface area contributed by atoms with Crippen molar-refractivity contribution in [2.45, 2.75) is 42.9 Å². The number of nitrogens with zero attached hydrogens (tertiary/aromatic N) is 7. The molecule has 0 bridgehead atoms. The van der Waals surface area contributed by atoms with Crippen LogP contribution in [0.25, 0.3) is 5.65 Å². The molecule has 2 amide bonds. The lowest BCUT2D eigenvalue weighted by Gasteiger charge is -2.49. The van der Waals surface area contributed by atoms with Gasteiger partial charge in [0.05, 0.1) is 12.6 Å². The van der Waals surface area contributed by atoms with Crippen LogP contribution in [0.1, 0.15) is 25.1 Å². The highest BCUT2D eigenvalue weighted by Gasteiger charge is 2.54. The van der Waals surface area contributed by atoms with E-state index >= 15 is 0 Å². The number of fused-ring (bicyclic) bond motifs is 2. The second-order valence-corrected chi connectivity index (χ2v) is 13.1. The summed E-state index contributed by atoms with van der Waals surface area (Å²) in [6.07, 6.45) is 1.61. The minimum atomic E-state index is -1.77. The summed E-state index contributed by atoms with van der Waals surface area (Å²) in [5.41, 5.74) is 11.4. The lowest BCUT2D eigenvalue weighted by atomic mass is 10.0. The Labute approximate surface area is 261 Å². The Hall–Kier alpha value is -4.43. The van der Waals surface area contributed by atoms with E-state index in [2.05, 4.69) is 25.5 Å². The lowest BCUT2D eigenvalue weighted by Crippen LogP contribution is -2.71. The van der Waals surface area contributed by atoms with Crippen LogP contribution in [0.3, 0.4) is 0 Å². The monoisotopic (exact) mass is 663 g/mol. The highest BCUT2D eigenvalue weighted by molar-refractivity contribution is 8.01. The van der Waals surface area contributed by atoms with E-state index in [1.807, 2.05) is 14.0 Å². The number of thiazole rings is 1. The molecule has 20 heteroatoms. The molecule has 232 valence electrons. The van der Waals surface area contributed by atoms with Crippen LogP contribution in [-0.2, 0) is 31.1 Å². The topological polar surface area (TPSA) is 245 Å². The number of aromatic nitrogens is 5. The van der Waals surface area contributed by atoms with Crippen LogP contribution < -0.4 is 21.4 Å². The van der Waals surface area contributed by atoms with Crippen LogP contribution in [0, 0.1) is 6.92 Å². The summed E-state index contributed by atoms with van der Waals surface area (Å²) in [4.78, 5) is 65.1. The van der Waals surface area contributed by atoms with Crippen LogP contribution >= 0.6 is 34.9 Å². The Balaban J connectivity index is 1.35. The van der Waals surface area contributed by atoms with E-state index in [9.17, 15) is 29.4 Å². The van der Waals surface area contributed by atoms with E-state index < -0.39 is 46.5 Å². The third-order valence-electron chi connectivity index (χ3n) is 6.76. The molecule has 1 saturated heterocycles. The zero-order valence-electron chi connectivity index (χ0n) is 23.7. The standard InChI is InChI=1S/C24H26N10O7S3/c1-9-15(25)30-23(34-17(9)32(4)8-27-34)44-6-10-5-42-19-13(18(36)33(19)14(10)20(37)38)29-16(35)12(11-7-43-22(26)28-11)31-41-24(2,3)21(39)40/h7-8,13,19,25H,5-6H2,1-4H3,(H5,26,28,29,35,37,38,39,40)/p+1/b31-12-/t13?,19-/m0/s1. The minimum Gasteiger partial charge on any atom is -0.478 e. The van der Waals surface area contributed by atoms with Gasteiger partial charge in [-0.05, 0) is 30.9 Å². The maximum absolute atomic E-state index is 13.3. The normalized spacial score (nSPS) is 18.7. The SMILES string of the molecule is Cc1c(N)nc(SCC2=C(C(=O)O)N3C(=O)C(NC(=O)/C(=N\OC(C)(C)C(=O)O)c4csc(N)n4)[C@@H]3SC2)n2nc[n+](C)c12. The summed E-state index contributed by atoms with van der Waals surface area (Å²) in [6.45, 7) is 4.31. The molecule has 17 nitrogen and oxygen atoms in total. The fraction of sp³-hybridized carbons (Fsp3) is 0.375. The Bertz CT molecular complexity index is 1780. The number of hydrogen-bond acceptors (Lipinski definition) is 14. The summed E-state index contributed by atoms with van der Waals surface area (Å²) in [7, 11) is 1.82. The number of aryl methyl sites for hydroxylation is 2. The molecule has 7 N–H and O–H groups in total. The molecule has 3 aromatic heterocycles. The molecule has 1 unspecified atom stereocenters. The molecule has 5 heterocycles. The number of nitrogens with one attached hydrogen (secondary N) is 1. The highest BCUT2D eigenvalue weighted by atomic mass is 32.2. The second kappa shape index (κ2) is 11.6. The van der Waals surface area contributed by atoms with Gasteiger partial charge < -0.3 is 31.8 Å². The number of nitrogens with two attached hydrogens (primary N) is 2. The van der Waals surface area contributed by atoms with Crippen LogP contribution in [0.5, 0.6) is 0 Å². The molecular formula is C24H27N10O7S3+. The van der Waals surface area contributed by atoms with Gasteiger partial charge in [0.15, 0.2) is 10.8 Å². The largest absolute Gasteiger partial charge is 0.478 e. The molecule has 0 saturated carbocycles. The van der Waals surface area contributed by atoms with Crippen molar-refractivity contribution in [3.63, 3.8) is 0 Å². The van der Waals surface area contributed by atoms with Gasteiger partial charge in [-0.1, -0.05) is 16.9 Å². The van der Waals surface area contributed by atoms with Crippen molar-refractivity contribution in [3.8, 4) is 0 Å². The van der Waals surface area contributed by atoms with Crippen molar-refractivity contribution >= 4 is 80.9 Å². The smallest absolute Gasteiger partial charge is 0.352 e. The van der Waals surface area contributed by atoms with Crippen molar-refractivity contribution in [2.75, 3.05) is 23.0 Å². The number of carboxylic acids is 2. The van der Waals surface area contributed by atoms with E-state index in [0.717, 1.165) is 27.4 Å². The van der Waals surface area contributed by atoms with Crippen molar-refractivity contribution < 1.29 is 38.8 Å². The van der Waals surface area contributed by atoms with Gasteiger partial charge in [0.1, 0.15) is 28.6 Å². The summed E-state index contributed by atoms with van der Waals surface area (Å²) in [5.74, 6) is -3.37. The first-order valence-electron chi connectivity index (χ1n) is 12.7. The molecule has 0 spiro atoms. The highest BCUT2D eigenvalue weighted by Crippen LogP contribution is 2.41. The van der Waals surface area contributed by atoms with Gasteiger partial charge in [0, 0.05) is 22.0 Å². The van der Waals surface area contributed by atoms with Crippen LogP contribution in [0.2, 0.25) is 0 Å². The molecular weight excluding hydrogens is 637 g/mol. The zero-order chi connectivity index (χ0) is 32.1. The average molecular weight is 664 g/mol. The molecule has 0 radical (unpaired) electrons. The quantitative estimate of drug-likeness (QED) is 0.0463.